The van der Waals surface area contributed by atoms with Gasteiger partial charge in [-0.1, -0.05) is 12.1 Å². The summed E-state index contributed by atoms with van der Waals surface area (Å²) < 4.78 is 0. The molecule has 16 heavy (non-hydrogen) atoms. The van der Waals surface area contributed by atoms with Crippen molar-refractivity contribution in [3.63, 3.8) is 0 Å². The monoisotopic (exact) mass is 211 g/mol. The van der Waals surface area contributed by atoms with E-state index in [9.17, 15) is 0 Å². The predicted molar refractivity (Wildman–Crippen MR) is 61.5 cm³/mol. The highest BCUT2D eigenvalue weighted by Gasteiger charge is 2.07. The first-order valence-corrected chi connectivity index (χ1v) is 4.86. The molecule has 5 heteroatoms. The smallest absolute Gasteiger partial charge is 0.198 e. The summed E-state index contributed by atoms with van der Waals surface area (Å²) in [6, 6.07) is 7.63. The number of nitrogen functional groups attached to an aromatic ring is 1. The average molecular weight is 211 g/mol. The van der Waals surface area contributed by atoms with Crippen LogP contribution in [0.5, 0.6) is 0 Å². The van der Waals surface area contributed by atoms with Gasteiger partial charge in [-0.05, 0) is 12.1 Å². The maximum Gasteiger partial charge on any atom is 0.198 e. The van der Waals surface area contributed by atoms with Gasteiger partial charge in [-0.15, -0.1) is 0 Å². The molecule has 78 valence electrons. The molecule has 0 aliphatic carbocycles. The Bertz CT molecular complexity index is 630. The molecular formula is C11H9N5. The van der Waals surface area contributed by atoms with Crippen LogP contribution in [0.4, 0.5) is 5.82 Å². The Morgan fingerprint density at radius 2 is 2.00 bits per heavy atom. The maximum atomic E-state index is 5.87. The lowest BCUT2D eigenvalue weighted by atomic mass is 10.2. The summed E-state index contributed by atoms with van der Waals surface area (Å²) in [6.07, 6.45) is 3.38. The SMILES string of the molecule is Nc1nc(-c2ncc[nH]2)nc2ccccc12. The molecule has 2 heterocycles. The van der Waals surface area contributed by atoms with Gasteiger partial charge in [0.15, 0.2) is 11.6 Å². The molecule has 0 atom stereocenters. The molecule has 0 aliphatic heterocycles. The Labute approximate surface area is 91.4 Å². The molecular weight excluding hydrogens is 202 g/mol. The van der Waals surface area contributed by atoms with Gasteiger partial charge < -0.3 is 10.7 Å². The number of hydrogen-bond donors (Lipinski definition) is 2. The number of para-hydroxylation sites is 1. The third-order valence-electron chi connectivity index (χ3n) is 2.34. The van der Waals surface area contributed by atoms with E-state index < -0.39 is 0 Å². The molecule has 3 N–H and O–H groups in total. The van der Waals surface area contributed by atoms with E-state index in [2.05, 4.69) is 19.9 Å². The summed E-state index contributed by atoms with van der Waals surface area (Å²) in [5.74, 6) is 1.61. The Balaban J connectivity index is 2.29. The second-order valence-corrected chi connectivity index (χ2v) is 3.39. The van der Waals surface area contributed by atoms with E-state index in [0.717, 1.165) is 10.9 Å². The van der Waals surface area contributed by atoms with Gasteiger partial charge in [-0.2, -0.15) is 0 Å². The fourth-order valence-corrected chi connectivity index (χ4v) is 1.59. The van der Waals surface area contributed by atoms with Crippen molar-refractivity contribution >= 4 is 16.7 Å². The number of anilines is 1. The third-order valence-corrected chi connectivity index (χ3v) is 2.34. The molecule has 0 unspecified atom stereocenters. The lowest BCUT2D eigenvalue weighted by Crippen LogP contribution is -1.98. The molecule has 2 aromatic heterocycles. The molecule has 0 spiro atoms. The molecule has 3 aromatic rings. The molecule has 0 fully saturated rings. The Kier molecular flexibility index (Phi) is 1.83. The number of H-pyrrole nitrogens is 1. The first-order valence-electron chi connectivity index (χ1n) is 4.86. The minimum atomic E-state index is 0.469. The third kappa shape index (κ3) is 1.30. The number of imidazole rings is 1. The molecule has 0 aliphatic rings. The highest BCUT2D eigenvalue weighted by molar-refractivity contribution is 5.89. The molecule has 1 aromatic carbocycles. The Hall–Kier alpha value is -2.43. The van der Waals surface area contributed by atoms with Crippen LogP contribution in [0.1, 0.15) is 0 Å². The summed E-state index contributed by atoms with van der Waals surface area (Å²) in [4.78, 5) is 15.7. The van der Waals surface area contributed by atoms with Gasteiger partial charge in [0, 0.05) is 17.8 Å². The number of nitrogens with two attached hydrogens (primary N) is 1. The van der Waals surface area contributed by atoms with Gasteiger partial charge >= 0.3 is 0 Å². The minimum Gasteiger partial charge on any atom is -0.383 e. The quantitative estimate of drug-likeness (QED) is 0.640. The van der Waals surface area contributed by atoms with Crippen molar-refractivity contribution in [3.05, 3.63) is 36.7 Å². The first-order chi connectivity index (χ1) is 7.84. The fraction of sp³-hybridized carbons (Fsp3) is 0. The average Bonchev–Trinajstić information content (AvgIpc) is 2.82. The van der Waals surface area contributed by atoms with Crippen molar-refractivity contribution in [3.8, 4) is 11.6 Å². The van der Waals surface area contributed by atoms with Crippen LogP contribution in [-0.4, -0.2) is 19.9 Å². The topological polar surface area (TPSA) is 80.5 Å². The summed E-state index contributed by atoms with van der Waals surface area (Å²) in [7, 11) is 0. The number of fused-ring (bicyclic) bond motifs is 1. The minimum absolute atomic E-state index is 0.469. The lowest BCUT2D eigenvalue weighted by Gasteiger charge is -2.02. The van der Waals surface area contributed by atoms with Crippen LogP contribution in [0.15, 0.2) is 36.7 Å². The van der Waals surface area contributed by atoms with Crippen LogP contribution in [0.3, 0.4) is 0 Å². The van der Waals surface area contributed by atoms with Gasteiger partial charge in [0.25, 0.3) is 0 Å². The van der Waals surface area contributed by atoms with Crippen molar-refractivity contribution in [2.45, 2.75) is 0 Å². The van der Waals surface area contributed by atoms with Crippen molar-refractivity contribution in [2.24, 2.45) is 0 Å². The highest BCUT2D eigenvalue weighted by atomic mass is 15.0. The zero-order chi connectivity index (χ0) is 11.0. The number of rotatable bonds is 1. The van der Waals surface area contributed by atoms with Crippen LogP contribution >= 0.6 is 0 Å². The van der Waals surface area contributed by atoms with Gasteiger partial charge in [-0.25, -0.2) is 15.0 Å². The number of benzene rings is 1. The molecule has 3 rings (SSSR count). The molecule has 0 saturated carbocycles. The number of aromatic amines is 1. The molecule has 0 saturated heterocycles. The van der Waals surface area contributed by atoms with E-state index in [4.69, 9.17) is 5.73 Å². The normalized spacial score (nSPS) is 10.8. The van der Waals surface area contributed by atoms with Crippen LogP contribution in [0, 0.1) is 0 Å². The number of aromatic nitrogens is 4. The number of nitrogens with one attached hydrogen (secondary N) is 1. The second-order valence-electron chi connectivity index (χ2n) is 3.39. The summed E-state index contributed by atoms with van der Waals surface area (Å²) in [5.41, 5.74) is 6.69. The number of hydrogen-bond acceptors (Lipinski definition) is 4. The lowest BCUT2D eigenvalue weighted by molar-refractivity contribution is 1.16. The van der Waals surface area contributed by atoms with E-state index in [0.29, 0.717) is 17.5 Å². The van der Waals surface area contributed by atoms with Crippen LogP contribution < -0.4 is 5.73 Å². The summed E-state index contributed by atoms with van der Waals surface area (Å²) in [6.45, 7) is 0. The summed E-state index contributed by atoms with van der Waals surface area (Å²) >= 11 is 0. The van der Waals surface area contributed by atoms with Gasteiger partial charge in [0.1, 0.15) is 5.82 Å². The zero-order valence-corrected chi connectivity index (χ0v) is 8.38. The Morgan fingerprint density at radius 3 is 2.81 bits per heavy atom. The fourth-order valence-electron chi connectivity index (χ4n) is 1.59. The molecule has 0 amide bonds. The second kappa shape index (κ2) is 3.30. The van der Waals surface area contributed by atoms with Crippen LogP contribution in [-0.2, 0) is 0 Å². The standard InChI is InChI=1S/C11H9N5/c12-9-7-3-1-2-4-8(7)15-11(16-9)10-13-5-6-14-10/h1-6H,(H,13,14)(H2,12,15,16). The maximum absolute atomic E-state index is 5.87. The van der Waals surface area contributed by atoms with E-state index in [1.807, 2.05) is 24.3 Å². The van der Waals surface area contributed by atoms with Crippen molar-refractivity contribution < 1.29 is 0 Å². The van der Waals surface area contributed by atoms with E-state index in [-0.39, 0.29) is 0 Å². The van der Waals surface area contributed by atoms with E-state index in [1.165, 1.54) is 0 Å². The van der Waals surface area contributed by atoms with Crippen LogP contribution in [0.25, 0.3) is 22.6 Å². The van der Waals surface area contributed by atoms with Crippen molar-refractivity contribution in [2.75, 3.05) is 5.73 Å². The zero-order valence-electron chi connectivity index (χ0n) is 8.38. The predicted octanol–water partition coefficient (Wildman–Crippen LogP) is 1.60. The highest BCUT2D eigenvalue weighted by Crippen LogP contribution is 2.20. The summed E-state index contributed by atoms with van der Waals surface area (Å²) in [5, 5.41) is 0.859. The van der Waals surface area contributed by atoms with E-state index >= 15 is 0 Å². The van der Waals surface area contributed by atoms with Gasteiger partial charge in [0.05, 0.1) is 5.52 Å². The van der Waals surface area contributed by atoms with Gasteiger partial charge in [-0.3, -0.25) is 0 Å². The number of nitrogens with zero attached hydrogens (tertiary/aromatic N) is 3. The van der Waals surface area contributed by atoms with Crippen molar-refractivity contribution in [1.29, 1.82) is 0 Å². The largest absolute Gasteiger partial charge is 0.383 e. The Morgan fingerprint density at radius 1 is 1.12 bits per heavy atom. The van der Waals surface area contributed by atoms with Crippen molar-refractivity contribution in [1.82, 2.24) is 19.9 Å². The molecule has 0 radical (unpaired) electrons. The van der Waals surface area contributed by atoms with E-state index in [1.54, 1.807) is 12.4 Å². The van der Waals surface area contributed by atoms with Crippen LogP contribution in [0.2, 0.25) is 0 Å². The molecule has 5 nitrogen and oxygen atoms in total. The molecule has 0 bridgehead atoms. The first kappa shape index (κ1) is 8.84. The van der Waals surface area contributed by atoms with Gasteiger partial charge in [0.2, 0.25) is 0 Å².